The van der Waals surface area contributed by atoms with Gasteiger partial charge in [-0.05, 0) is 43.5 Å². The summed E-state index contributed by atoms with van der Waals surface area (Å²) in [6.45, 7) is 7.13. The fourth-order valence-electron chi connectivity index (χ4n) is 5.29. The third-order valence-electron chi connectivity index (χ3n) is 7.72. The molecule has 226 valence electrons. The molecule has 4 rings (SSSR count). The van der Waals surface area contributed by atoms with Gasteiger partial charge in [-0.25, -0.2) is 0 Å². The van der Waals surface area contributed by atoms with Crippen molar-refractivity contribution in [3.63, 3.8) is 0 Å². The molecule has 41 heavy (non-hydrogen) atoms. The molecule has 1 aliphatic carbocycles. The monoisotopic (exact) mass is 568 g/mol. The van der Waals surface area contributed by atoms with Gasteiger partial charge in [-0.1, -0.05) is 43.5 Å². The molecule has 0 unspecified atom stereocenters. The first-order valence-electron chi connectivity index (χ1n) is 15.1. The molecule has 1 aromatic carbocycles. The van der Waals surface area contributed by atoms with Crippen molar-refractivity contribution in [2.24, 2.45) is 0 Å². The Hall–Kier alpha value is -2.99. The average Bonchev–Trinajstić information content (AvgIpc) is 3.01. The molecule has 1 aromatic heterocycles. The Morgan fingerprint density at radius 1 is 0.976 bits per heavy atom. The van der Waals surface area contributed by atoms with E-state index in [9.17, 15) is 4.79 Å². The minimum Gasteiger partial charge on any atom is -0.383 e. The minimum atomic E-state index is -0.00530. The van der Waals surface area contributed by atoms with Gasteiger partial charge in [0.05, 0.1) is 13.2 Å². The number of nitrogens with one attached hydrogen (secondary N) is 3. The summed E-state index contributed by atoms with van der Waals surface area (Å²) in [7, 11) is 1.61. The Labute approximate surface area is 244 Å². The topological polar surface area (TPSA) is 130 Å². The fraction of sp³-hybridized carbons (Fsp3) is 0.633. The molecule has 11 heteroatoms. The summed E-state index contributed by atoms with van der Waals surface area (Å²) < 4.78 is 10.3. The second-order valence-corrected chi connectivity index (χ2v) is 10.9. The van der Waals surface area contributed by atoms with Crippen LogP contribution in [0.3, 0.4) is 0 Å². The maximum absolute atomic E-state index is 12.4. The number of benzene rings is 1. The van der Waals surface area contributed by atoms with Gasteiger partial charge in [0.1, 0.15) is 18.2 Å². The van der Waals surface area contributed by atoms with Gasteiger partial charge in [-0.15, -0.1) is 0 Å². The third kappa shape index (κ3) is 10.7. The van der Waals surface area contributed by atoms with Gasteiger partial charge in [0, 0.05) is 58.5 Å². The van der Waals surface area contributed by atoms with E-state index in [4.69, 9.17) is 20.2 Å². The number of piperazine rings is 1. The molecule has 1 aliphatic heterocycles. The molecule has 2 fully saturated rings. The van der Waals surface area contributed by atoms with Gasteiger partial charge in [-0.2, -0.15) is 9.97 Å². The maximum Gasteiger partial charge on any atom is 0.248 e. The highest BCUT2D eigenvalue weighted by Crippen LogP contribution is 2.19. The molecular weight excluding hydrogens is 520 g/mol. The predicted octanol–water partition coefficient (Wildman–Crippen LogP) is 2.38. The summed E-state index contributed by atoms with van der Waals surface area (Å²) in [5.41, 5.74) is 8.53. The van der Waals surface area contributed by atoms with Crippen molar-refractivity contribution in [2.75, 3.05) is 82.1 Å². The number of rotatable bonds is 16. The zero-order valence-electron chi connectivity index (χ0n) is 24.6. The van der Waals surface area contributed by atoms with E-state index in [1.54, 1.807) is 13.2 Å². The number of hydrogen-bond acceptors (Lipinski definition) is 10. The van der Waals surface area contributed by atoms with Gasteiger partial charge in [0.15, 0.2) is 0 Å². The molecule has 2 heterocycles. The van der Waals surface area contributed by atoms with Crippen LogP contribution in [-0.2, 0) is 27.4 Å². The van der Waals surface area contributed by atoms with E-state index in [0.717, 1.165) is 43.5 Å². The summed E-state index contributed by atoms with van der Waals surface area (Å²) in [5.74, 6) is 1.67. The Morgan fingerprint density at radius 2 is 1.71 bits per heavy atom. The number of hydrogen-bond donors (Lipinski definition) is 4. The van der Waals surface area contributed by atoms with Gasteiger partial charge < -0.3 is 41.0 Å². The van der Waals surface area contributed by atoms with E-state index in [1.807, 2.05) is 4.90 Å². The Kier molecular flexibility index (Phi) is 12.9. The van der Waals surface area contributed by atoms with Gasteiger partial charge in [0.2, 0.25) is 11.9 Å². The Morgan fingerprint density at radius 3 is 2.44 bits per heavy atom. The largest absolute Gasteiger partial charge is 0.383 e. The summed E-state index contributed by atoms with van der Waals surface area (Å²) in [5, 5.41) is 10.6. The van der Waals surface area contributed by atoms with E-state index >= 15 is 0 Å². The van der Waals surface area contributed by atoms with Crippen molar-refractivity contribution in [1.29, 1.82) is 0 Å². The molecule has 1 saturated carbocycles. The zero-order valence-corrected chi connectivity index (χ0v) is 24.6. The van der Waals surface area contributed by atoms with E-state index in [0.29, 0.717) is 57.7 Å². The van der Waals surface area contributed by atoms with Crippen LogP contribution in [0.15, 0.2) is 30.3 Å². The number of carbonyl (C=O) groups excluding carboxylic acids is 1. The number of carbonyl (C=O) groups is 1. The second-order valence-electron chi connectivity index (χ2n) is 10.9. The number of anilines is 3. The van der Waals surface area contributed by atoms with Crippen LogP contribution in [0.5, 0.6) is 0 Å². The fourth-order valence-corrected chi connectivity index (χ4v) is 5.29. The summed E-state index contributed by atoms with van der Waals surface area (Å²) in [4.78, 5) is 25.4. The van der Waals surface area contributed by atoms with E-state index < -0.39 is 0 Å². The van der Waals surface area contributed by atoms with E-state index in [1.165, 1.54) is 37.7 Å². The highest BCUT2D eigenvalue weighted by Gasteiger charge is 2.22. The van der Waals surface area contributed by atoms with E-state index in [-0.39, 0.29) is 12.5 Å². The highest BCUT2D eigenvalue weighted by atomic mass is 16.5. The molecular formula is C30H48N8O3. The van der Waals surface area contributed by atoms with Crippen LogP contribution < -0.4 is 26.6 Å². The van der Waals surface area contributed by atoms with Crippen LogP contribution in [0.4, 0.5) is 17.6 Å². The van der Waals surface area contributed by atoms with Crippen molar-refractivity contribution in [1.82, 2.24) is 25.5 Å². The van der Waals surface area contributed by atoms with Crippen LogP contribution in [0.2, 0.25) is 0 Å². The van der Waals surface area contributed by atoms with Crippen molar-refractivity contribution >= 4 is 23.5 Å². The molecule has 0 radical (unpaired) electrons. The number of ether oxygens (including phenoxy) is 2. The smallest absolute Gasteiger partial charge is 0.248 e. The summed E-state index contributed by atoms with van der Waals surface area (Å²) in [6, 6.07) is 11.1. The lowest BCUT2D eigenvalue weighted by Crippen LogP contribution is -2.50. The first kappa shape index (κ1) is 31.0. The molecule has 0 atom stereocenters. The van der Waals surface area contributed by atoms with Crippen LogP contribution in [0, 0.1) is 0 Å². The number of nitrogens with two attached hydrogens (primary N) is 1. The third-order valence-corrected chi connectivity index (χ3v) is 7.72. The number of amides is 1. The summed E-state index contributed by atoms with van der Waals surface area (Å²) >= 11 is 0. The van der Waals surface area contributed by atoms with Gasteiger partial charge in [0.25, 0.3) is 0 Å². The van der Waals surface area contributed by atoms with Crippen molar-refractivity contribution in [3.05, 3.63) is 41.5 Å². The maximum atomic E-state index is 12.4. The Balaban J connectivity index is 1.15. The highest BCUT2D eigenvalue weighted by molar-refractivity contribution is 5.77. The average molecular weight is 569 g/mol. The molecule has 2 aliphatic rings. The molecule has 1 saturated heterocycles. The molecule has 2 aromatic rings. The van der Waals surface area contributed by atoms with E-state index in [2.05, 4.69) is 50.1 Å². The predicted molar refractivity (Wildman–Crippen MR) is 163 cm³/mol. The number of nitrogens with zero attached hydrogens (tertiary/aromatic N) is 4. The first-order valence-corrected chi connectivity index (χ1v) is 15.1. The lowest BCUT2D eigenvalue weighted by molar-refractivity contribution is -0.136. The lowest BCUT2D eigenvalue weighted by atomic mass is 9.95. The Bertz CT molecular complexity index is 1040. The summed E-state index contributed by atoms with van der Waals surface area (Å²) in [6.07, 6.45) is 7.99. The van der Waals surface area contributed by atoms with Crippen molar-refractivity contribution in [3.8, 4) is 0 Å². The number of aromatic nitrogens is 2. The first-order chi connectivity index (χ1) is 20.1. The minimum absolute atomic E-state index is 0.00530. The quantitative estimate of drug-likeness (QED) is 0.224. The number of methoxy groups -OCH3 is 1. The van der Waals surface area contributed by atoms with Crippen LogP contribution >= 0.6 is 0 Å². The molecule has 1 amide bonds. The van der Waals surface area contributed by atoms with Crippen molar-refractivity contribution < 1.29 is 14.3 Å². The SMILES string of the molecule is COCCOCC(=O)N1CCN(c2cc(N)nc(NCc3ccc(CNCCCNC4CCCCC4)cc3)n2)CC1. The van der Waals surface area contributed by atoms with Crippen LogP contribution in [0.1, 0.15) is 49.7 Å². The molecule has 11 nitrogen and oxygen atoms in total. The second kappa shape index (κ2) is 17.1. The van der Waals surface area contributed by atoms with Crippen molar-refractivity contribution in [2.45, 2.75) is 57.7 Å². The molecule has 0 spiro atoms. The van der Waals surface area contributed by atoms with Gasteiger partial charge in [-0.3, -0.25) is 4.79 Å². The molecule has 5 N–H and O–H groups in total. The van der Waals surface area contributed by atoms with Crippen LogP contribution in [0.25, 0.3) is 0 Å². The van der Waals surface area contributed by atoms with Crippen LogP contribution in [-0.4, -0.2) is 93.0 Å². The zero-order chi connectivity index (χ0) is 28.7. The van der Waals surface area contributed by atoms with Gasteiger partial charge >= 0.3 is 0 Å². The number of nitrogen functional groups attached to an aromatic ring is 1. The normalized spacial score (nSPS) is 16.2. The molecule has 0 bridgehead atoms. The lowest BCUT2D eigenvalue weighted by Gasteiger charge is -2.35. The standard InChI is InChI=1S/C30H48N8O3/c1-40-18-19-41-23-29(39)38-16-14-37(15-17-38)28-20-27(31)35-30(36-28)34-22-25-10-8-24(9-11-25)21-32-12-5-13-33-26-6-3-2-4-7-26/h8-11,20,26,32-33H,2-7,12-19,21-23H2,1H3,(H3,31,34,35,36).